The molecule has 1 saturated heterocycles. The van der Waals surface area contributed by atoms with Gasteiger partial charge in [0.1, 0.15) is 11.8 Å². The van der Waals surface area contributed by atoms with Crippen molar-refractivity contribution in [3.05, 3.63) is 24.3 Å². The van der Waals surface area contributed by atoms with Gasteiger partial charge in [0.15, 0.2) is 0 Å². The molecule has 2 rings (SSSR count). The van der Waals surface area contributed by atoms with Crippen molar-refractivity contribution < 1.29 is 27.5 Å². The van der Waals surface area contributed by atoms with E-state index in [1.54, 1.807) is 13.8 Å². The molecule has 0 spiro atoms. The molecule has 1 aromatic carbocycles. The largest absolute Gasteiger partial charge is 0.573 e. The molecule has 0 radical (unpaired) electrons. The molecular weight excluding hydrogens is 313 g/mol. The van der Waals surface area contributed by atoms with Gasteiger partial charge in [-0.3, -0.25) is 9.59 Å². The molecule has 0 aromatic heterocycles. The molecule has 8 heteroatoms. The fourth-order valence-electron chi connectivity index (χ4n) is 2.26. The molecule has 1 N–H and O–H groups in total. The lowest BCUT2D eigenvalue weighted by Gasteiger charge is -2.19. The Morgan fingerprint density at radius 3 is 2.70 bits per heavy atom. The summed E-state index contributed by atoms with van der Waals surface area (Å²) in [6.07, 6.45) is -4.39. The second kappa shape index (κ2) is 6.47. The number of anilines is 1. The van der Waals surface area contributed by atoms with Crippen LogP contribution < -0.4 is 15.0 Å². The number of hydrogen-bond donors (Lipinski definition) is 1. The molecule has 1 aliphatic heterocycles. The van der Waals surface area contributed by atoms with E-state index in [1.165, 1.54) is 17.0 Å². The highest BCUT2D eigenvalue weighted by Crippen LogP contribution is 2.29. The number of amides is 2. The topological polar surface area (TPSA) is 58.6 Å². The summed E-state index contributed by atoms with van der Waals surface area (Å²) in [5, 5.41) is 2.64. The Morgan fingerprint density at radius 1 is 1.39 bits per heavy atom. The van der Waals surface area contributed by atoms with E-state index in [9.17, 15) is 22.8 Å². The lowest BCUT2D eigenvalue weighted by Crippen LogP contribution is -2.43. The van der Waals surface area contributed by atoms with Crippen molar-refractivity contribution in [1.82, 2.24) is 5.32 Å². The molecule has 23 heavy (non-hydrogen) atoms. The van der Waals surface area contributed by atoms with Crippen LogP contribution in [0.15, 0.2) is 24.3 Å². The third-order valence-electron chi connectivity index (χ3n) is 3.41. The smallest absolute Gasteiger partial charge is 0.406 e. The summed E-state index contributed by atoms with van der Waals surface area (Å²) in [7, 11) is 0. The quantitative estimate of drug-likeness (QED) is 0.923. The fourth-order valence-corrected chi connectivity index (χ4v) is 2.26. The van der Waals surface area contributed by atoms with Gasteiger partial charge in [0, 0.05) is 24.2 Å². The van der Waals surface area contributed by atoms with Gasteiger partial charge < -0.3 is 15.0 Å². The normalized spacial score (nSPS) is 18.4. The summed E-state index contributed by atoms with van der Waals surface area (Å²) in [5.74, 6) is -1.22. The van der Waals surface area contributed by atoms with Gasteiger partial charge in [-0.25, -0.2) is 0 Å². The summed E-state index contributed by atoms with van der Waals surface area (Å²) in [6, 6.07) is 4.56. The summed E-state index contributed by atoms with van der Waals surface area (Å²) >= 11 is 0. The Hall–Kier alpha value is -2.25. The van der Waals surface area contributed by atoms with Crippen LogP contribution in [0.5, 0.6) is 5.75 Å². The van der Waals surface area contributed by atoms with E-state index in [0.717, 1.165) is 12.1 Å². The number of halogens is 3. The highest BCUT2D eigenvalue weighted by molar-refractivity contribution is 6.01. The maximum Gasteiger partial charge on any atom is 0.573 e. The van der Waals surface area contributed by atoms with E-state index in [-0.39, 0.29) is 17.7 Å². The predicted molar refractivity (Wildman–Crippen MR) is 76.9 cm³/mol. The van der Waals surface area contributed by atoms with Crippen molar-refractivity contribution in [2.45, 2.75) is 32.7 Å². The number of benzene rings is 1. The number of nitrogens with one attached hydrogen (secondary N) is 1. The summed E-state index contributed by atoms with van der Waals surface area (Å²) < 4.78 is 40.6. The number of rotatable bonds is 4. The number of hydrogen-bond acceptors (Lipinski definition) is 3. The molecule has 1 fully saturated rings. The van der Waals surface area contributed by atoms with Crippen molar-refractivity contribution >= 4 is 17.5 Å². The summed E-state index contributed by atoms with van der Waals surface area (Å²) in [4.78, 5) is 25.3. The number of ether oxygens (including phenoxy) is 1. The van der Waals surface area contributed by atoms with Crippen molar-refractivity contribution in [2.75, 3.05) is 11.4 Å². The SMILES string of the molecule is CC(C)C(=O)N[C@@H]1CCN(c2cccc(OC(F)(F)F)c2)C1=O. The van der Waals surface area contributed by atoms with Gasteiger partial charge in [-0.1, -0.05) is 19.9 Å². The molecule has 1 aromatic rings. The minimum atomic E-state index is -4.79. The first-order chi connectivity index (χ1) is 10.7. The molecular formula is C15H17F3N2O3. The van der Waals surface area contributed by atoms with Gasteiger partial charge in [-0.2, -0.15) is 0 Å². The van der Waals surface area contributed by atoms with Crippen LogP contribution in [0, 0.1) is 5.92 Å². The third-order valence-corrected chi connectivity index (χ3v) is 3.41. The van der Waals surface area contributed by atoms with E-state index < -0.39 is 18.2 Å². The molecule has 0 aliphatic carbocycles. The zero-order valence-corrected chi connectivity index (χ0v) is 12.7. The number of carbonyl (C=O) groups is 2. The van der Waals surface area contributed by atoms with Gasteiger partial charge in [-0.15, -0.1) is 13.2 Å². The van der Waals surface area contributed by atoms with Crippen LogP contribution in [0.3, 0.4) is 0 Å². The first-order valence-corrected chi connectivity index (χ1v) is 7.15. The molecule has 5 nitrogen and oxygen atoms in total. The highest BCUT2D eigenvalue weighted by Gasteiger charge is 2.35. The Balaban J connectivity index is 2.10. The first kappa shape index (κ1) is 17.1. The van der Waals surface area contributed by atoms with Gasteiger partial charge >= 0.3 is 6.36 Å². The van der Waals surface area contributed by atoms with Crippen LogP contribution in [0.2, 0.25) is 0 Å². The third kappa shape index (κ3) is 4.37. The van der Waals surface area contributed by atoms with Crippen LogP contribution in [-0.4, -0.2) is 30.8 Å². The maximum atomic E-state index is 12.3. The molecule has 0 unspecified atom stereocenters. The van der Waals surface area contributed by atoms with Gasteiger partial charge in [0.2, 0.25) is 11.8 Å². The zero-order valence-electron chi connectivity index (χ0n) is 12.7. The Kier molecular flexibility index (Phi) is 4.82. The van der Waals surface area contributed by atoms with Gasteiger partial charge in [-0.05, 0) is 18.6 Å². The van der Waals surface area contributed by atoms with E-state index in [0.29, 0.717) is 18.7 Å². The standard InChI is InChI=1S/C15H17F3N2O3/c1-9(2)13(21)19-12-6-7-20(14(12)22)10-4-3-5-11(8-10)23-15(16,17)18/h3-5,8-9,12H,6-7H2,1-2H3,(H,19,21)/t12-/m1/s1. The molecule has 1 atom stereocenters. The van der Waals surface area contributed by atoms with Crippen LogP contribution >= 0.6 is 0 Å². The molecule has 1 aliphatic rings. The highest BCUT2D eigenvalue weighted by atomic mass is 19.4. The van der Waals surface area contributed by atoms with Crippen molar-refractivity contribution in [1.29, 1.82) is 0 Å². The first-order valence-electron chi connectivity index (χ1n) is 7.15. The Labute approximate surface area is 131 Å². The van der Waals surface area contributed by atoms with Crippen LogP contribution in [0.4, 0.5) is 18.9 Å². The Bertz CT molecular complexity index is 602. The molecule has 0 bridgehead atoms. The number of carbonyl (C=O) groups excluding carboxylic acids is 2. The van der Waals surface area contributed by atoms with E-state index in [1.807, 2.05) is 0 Å². The Morgan fingerprint density at radius 2 is 2.09 bits per heavy atom. The van der Waals surface area contributed by atoms with Crippen molar-refractivity contribution in [2.24, 2.45) is 5.92 Å². The van der Waals surface area contributed by atoms with E-state index >= 15 is 0 Å². The van der Waals surface area contributed by atoms with E-state index in [4.69, 9.17) is 0 Å². The summed E-state index contributed by atoms with van der Waals surface area (Å²) in [6.45, 7) is 3.74. The van der Waals surface area contributed by atoms with Crippen LogP contribution in [0.25, 0.3) is 0 Å². The average Bonchev–Trinajstić information content (AvgIpc) is 2.78. The number of alkyl halides is 3. The molecule has 0 saturated carbocycles. The van der Waals surface area contributed by atoms with Crippen LogP contribution in [0.1, 0.15) is 20.3 Å². The van der Waals surface area contributed by atoms with Crippen molar-refractivity contribution in [3.63, 3.8) is 0 Å². The minimum Gasteiger partial charge on any atom is -0.406 e. The monoisotopic (exact) mass is 330 g/mol. The molecule has 1 heterocycles. The lowest BCUT2D eigenvalue weighted by molar-refractivity contribution is -0.274. The maximum absolute atomic E-state index is 12.3. The second-order valence-corrected chi connectivity index (χ2v) is 5.54. The molecule has 126 valence electrons. The zero-order chi connectivity index (χ0) is 17.2. The minimum absolute atomic E-state index is 0.237. The van der Waals surface area contributed by atoms with Gasteiger partial charge in [0.05, 0.1) is 0 Å². The number of nitrogens with zero attached hydrogens (tertiary/aromatic N) is 1. The second-order valence-electron chi connectivity index (χ2n) is 5.54. The van der Waals surface area contributed by atoms with Gasteiger partial charge in [0.25, 0.3) is 0 Å². The van der Waals surface area contributed by atoms with Crippen LogP contribution in [-0.2, 0) is 9.59 Å². The van der Waals surface area contributed by atoms with Crippen molar-refractivity contribution in [3.8, 4) is 5.75 Å². The van der Waals surface area contributed by atoms with E-state index in [2.05, 4.69) is 10.1 Å². The predicted octanol–water partition coefficient (Wildman–Crippen LogP) is 2.46. The fraction of sp³-hybridized carbons (Fsp3) is 0.467. The summed E-state index contributed by atoms with van der Waals surface area (Å²) in [5.41, 5.74) is 0.304. The molecule has 2 amide bonds. The average molecular weight is 330 g/mol. The lowest BCUT2D eigenvalue weighted by atomic mass is 10.1.